The van der Waals surface area contributed by atoms with E-state index in [1.807, 2.05) is 0 Å². The van der Waals surface area contributed by atoms with Gasteiger partial charge < -0.3 is 5.32 Å². The molecule has 10 atom stereocenters. The molecule has 4 aliphatic rings. The molecule has 34 heavy (non-hydrogen) atoms. The van der Waals surface area contributed by atoms with Crippen LogP contribution < -0.4 is 5.32 Å². The second-order valence-electron chi connectivity index (χ2n) is 12.5. The van der Waals surface area contributed by atoms with E-state index in [-0.39, 0.29) is 35.1 Å². The monoisotopic (exact) mass is 503 g/mol. The summed E-state index contributed by atoms with van der Waals surface area (Å²) in [5, 5.41) is 2.57. The maximum Gasteiger partial charge on any atom is 0.266 e. The number of hydrogen-bond acceptors (Lipinski definition) is 3. The Kier molecular flexibility index (Phi) is 7.43. The van der Waals surface area contributed by atoms with Gasteiger partial charge >= 0.3 is 0 Å². The molecule has 8 heteroatoms. The van der Waals surface area contributed by atoms with Crippen molar-refractivity contribution in [2.45, 2.75) is 97.3 Å². The maximum absolute atomic E-state index is 15.7. The lowest BCUT2D eigenvalue weighted by Gasteiger charge is -2.61. The zero-order chi connectivity index (χ0) is 24.9. The van der Waals surface area contributed by atoms with Crippen molar-refractivity contribution in [1.82, 2.24) is 5.32 Å². The minimum absolute atomic E-state index is 0.0705. The molecule has 4 fully saturated rings. The molecule has 0 aliphatic heterocycles. The van der Waals surface area contributed by atoms with Gasteiger partial charge in [0.05, 0.1) is 5.75 Å². The first-order valence-electron chi connectivity index (χ1n) is 13.3. The van der Waals surface area contributed by atoms with Crippen molar-refractivity contribution in [3.63, 3.8) is 0 Å². The quantitative estimate of drug-likeness (QED) is 0.459. The van der Waals surface area contributed by atoms with E-state index in [2.05, 4.69) is 26.1 Å². The fourth-order valence-electron chi connectivity index (χ4n) is 9.06. The molecule has 0 heterocycles. The SMILES string of the molecule is CC(CCC(=O)NCCS(=O)(=O)O)C1CCC2C3C(F)CC4CC(F)CCC4(C)C3CCC12C. The lowest BCUT2D eigenvalue weighted by atomic mass is 9.44. The summed E-state index contributed by atoms with van der Waals surface area (Å²) >= 11 is 0. The summed E-state index contributed by atoms with van der Waals surface area (Å²) in [5.74, 6) is 1.07. The van der Waals surface area contributed by atoms with Crippen LogP contribution in [-0.4, -0.2) is 43.5 Å². The number of rotatable bonds is 7. The number of carbonyl (C=O) groups is 1. The topological polar surface area (TPSA) is 83.5 Å². The Bertz CT molecular complexity index is 869. The van der Waals surface area contributed by atoms with E-state index in [1.54, 1.807) is 0 Å². The molecule has 196 valence electrons. The standard InChI is InChI=1S/C26H43F2NO4S/c1-16(4-7-23(30)29-12-13-34(31,32)33)19-5-6-20-24-21(9-11-26(19,20)3)25(2)10-8-18(27)14-17(25)15-22(24)28/h16-22,24H,4-15H2,1-3H3,(H,29,30)(H,31,32,33). The van der Waals surface area contributed by atoms with Gasteiger partial charge in [0.2, 0.25) is 5.91 Å². The van der Waals surface area contributed by atoms with Crippen molar-refractivity contribution in [1.29, 1.82) is 0 Å². The predicted octanol–water partition coefficient (Wildman–Crippen LogP) is 5.35. The highest BCUT2D eigenvalue weighted by Crippen LogP contribution is 2.68. The van der Waals surface area contributed by atoms with Gasteiger partial charge in [0.1, 0.15) is 12.3 Å². The summed E-state index contributed by atoms with van der Waals surface area (Å²) in [6.45, 7) is 6.79. The molecule has 5 nitrogen and oxygen atoms in total. The molecule has 0 aromatic carbocycles. The second kappa shape index (κ2) is 9.60. The van der Waals surface area contributed by atoms with Crippen molar-refractivity contribution in [2.24, 2.45) is 46.3 Å². The van der Waals surface area contributed by atoms with Crippen molar-refractivity contribution >= 4 is 16.0 Å². The van der Waals surface area contributed by atoms with Gasteiger partial charge in [0, 0.05) is 13.0 Å². The van der Waals surface area contributed by atoms with E-state index in [0.29, 0.717) is 49.4 Å². The van der Waals surface area contributed by atoms with Gasteiger partial charge in [-0.25, -0.2) is 8.78 Å². The Hall–Kier alpha value is -0.760. The molecule has 0 spiro atoms. The summed E-state index contributed by atoms with van der Waals surface area (Å²) in [7, 11) is -4.08. The zero-order valence-corrected chi connectivity index (χ0v) is 21.8. The summed E-state index contributed by atoms with van der Waals surface area (Å²) in [6, 6.07) is 0. The fraction of sp³-hybridized carbons (Fsp3) is 0.962. The maximum atomic E-state index is 15.7. The van der Waals surface area contributed by atoms with Crippen LogP contribution in [0.3, 0.4) is 0 Å². The third-order valence-electron chi connectivity index (χ3n) is 10.8. The number of halogens is 2. The van der Waals surface area contributed by atoms with E-state index < -0.39 is 28.2 Å². The Morgan fingerprint density at radius 1 is 1.06 bits per heavy atom. The molecule has 4 saturated carbocycles. The minimum Gasteiger partial charge on any atom is -0.355 e. The summed E-state index contributed by atoms with van der Waals surface area (Å²) in [5.41, 5.74) is 0.147. The molecule has 0 radical (unpaired) electrons. The highest BCUT2D eigenvalue weighted by atomic mass is 32.2. The van der Waals surface area contributed by atoms with Crippen molar-refractivity contribution in [3.8, 4) is 0 Å². The molecular weight excluding hydrogens is 460 g/mol. The molecule has 10 unspecified atom stereocenters. The zero-order valence-electron chi connectivity index (χ0n) is 20.9. The Morgan fingerprint density at radius 3 is 2.44 bits per heavy atom. The normalized spacial score (nSPS) is 45.1. The van der Waals surface area contributed by atoms with Crippen molar-refractivity contribution < 1.29 is 26.5 Å². The first-order chi connectivity index (χ1) is 15.8. The predicted molar refractivity (Wildman–Crippen MR) is 128 cm³/mol. The van der Waals surface area contributed by atoms with Crippen LogP contribution in [0.5, 0.6) is 0 Å². The smallest absolute Gasteiger partial charge is 0.266 e. The Morgan fingerprint density at radius 2 is 1.74 bits per heavy atom. The summed E-state index contributed by atoms with van der Waals surface area (Å²) in [6.07, 6.45) is 6.24. The average molecular weight is 504 g/mol. The summed E-state index contributed by atoms with van der Waals surface area (Å²) in [4.78, 5) is 12.2. The van der Waals surface area contributed by atoms with Gasteiger partial charge in [-0.2, -0.15) is 8.42 Å². The van der Waals surface area contributed by atoms with E-state index in [1.165, 1.54) is 0 Å². The van der Waals surface area contributed by atoms with Crippen LogP contribution >= 0.6 is 0 Å². The largest absolute Gasteiger partial charge is 0.355 e. The van der Waals surface area contributed by atoms with E-state index in [4.69, 9.17) is 4.55 Å². The van der Waals surface area contributed by atoms with E-state index in [0.717, 1.165) is 38.5 Å². The van der Waals surface area contributed by atoms with E-state index in [9.17, 15) is 17.6 Å². The van der Waals surface area contributed by atoms with Crippen LogP contribution in [0, 0.1) is 46.3 Å². The number of amides is 1. The van der Waals surface area contributed by atoms with Gasteiger partial charge in [0.25, 0.3) is 10.1 Å². The lowest BCUT2D eigenvalue weighted by Crippen LogP contribution is -2.57. The highest BCUT2D eigenvalue weighted by molar-refractivity contribution is 7.85. The van der Waals surface area contributed by atoms with Gasteiger partial charge in [-0.05, 0) is 104 Å². The molecule has 4 aliphatic carbocycles. The number of carbonyl (C=O) groups excluding carboxylic acids is 1. The van der Waals surface area contributed by atoms with Crippen LogP contribution in [0.25, 0.3) is 0 Å². The Labute approximate surface area is 204 Å². The molecule has 1 amide bonds. The third-order valence-corrected chi connectivity index (χ3v) is 11.6. The van der Waals surface area contributed by atoms with Crippen LogP contribution in [-0.2, 0) is 14.9 Å². The highest BCUT2D eigenvalue weighted by Gasteiger charge is 2.63. The first-order valence-corrected chi connectivity index (χ1v) is 15.0. The number of fused-ring (bicyclic) bond motifs is 5. The number of hydrogen-bond donors (Lipinski definition) is 2. The van der Waals surface area contributed by atoms with E-state index >= 15 is 4.39 Å². The summed E-state index contributed by atoms with van der Waals surface area (Å²) < 4.78 is 60.3. The third kappa shape index (κ3) is 4.91. The van der Waals surface area contributed by atoms with Crippen molar-refractivity contribution in [3.05, 3.63) is 0 Å². The Balaban J connectivity index is 1.39. The van der Waals surface area contributed by atoms with Crippen molar-refractivity contribution in [2.75, 3.05) is 12.3 Å². The molecular formula is C26H43F2NO4S. The number of alkyl halides is 2. The molecule has 0 aromatic rings. The lowest BCUT2D eigenvalue weighted by molar-refractivity contribution is -0.152. The van der Waals surface area contributed by atoms with Gasteiger partial charge in [-0.1, -0.05) is 20.8 Å². The molecule has 0 saturated heterocycles. The molecule has 4 rings (SSSR count). The fourth-order valence-corrected chi connectivity index (χ4v) is 9.42. The molecule has 0 aromatic heterocycles. The van der Waals surface area contributed by atoms with Gasteiger partial charge in [-0.3, -0.25) is 9.35 Å². The first kappa shape index (κ1) is 26.3. The van der Waals surface area contributed by atoms with Gasteiger partial charge in [-0.15, -0.1) is 0 Å². The minimum atomic E-state index is -4.08. The second-order valence-corrected chi connectivity index (χ2v) is 14.1. The number of nitrogens with one attached hydrogen (secondary N) is 1. The van der Waals surface area contributed by atoms with Gasteiger partial charge in [0.15, 0.2) is 0 Å². The van der Waals surface area contributed by atoms with Crippen LogP contribution in [0.4, 0.5) is 8.78 Å². The average Bonchev–Trinajstić information content (AvgIpc) is 3.09. The van der Waals surface area contributed by atoms with Crippen LogP contribution in [0.1, 0.15) is 85.0 Å². The van der Waals surface area contributed by atoms with Crippen LogP contribution in [0.15, 0.2) is 0 Å². The molecule has 2 N–H and O–H groups in total. The molecule has 0 bridgehead atoms. The van der Waals surface area contributed by atoms with Crippen LogP contribution in [0.2, 0.25) is 0 Å².